The summed E-state index contributed by atoms with van der Waals surface area (Å²) in [4.78, 5) is 0. The van der Waals surface area contributed by atoms with E-state index in [9.17, 15) is 0 Å². The van der Waals surface area contributed by atoms with E-state index in [1.807, 2.05) is 12.1 Å². The largest absolute Gasteiger partial charge is 0.316 e. The molecule has 0 saturated heterocycles. The normalized spacial score (nSPS) is 17.1. The van der Waals surface area contributed by atoms with Crippen LogP contribution in [0.1, 0.15) is 31.7 Å². The van der Waals surface area contributed by atoms with Crippen molar-refractivity contribution >= 4 is 23.2 Å². The Labute approximate surface area is 114 Å². The zero-order valence-electron chi connectivity index (χ0n) is 10.2. The second-order valence-electron chi connectivity index (χ2n) is 5.10. The van der Waals surface area contributed by atoms with Crippen LogP contribution in [0.15, 0.2) is 18.2 Å². The molecule has 1 aliphatic carbocycles. The lowest BCUT2D eigenvalue weighted by molar-refractivity contribution is 0.456. The van der Waals surface area contributed by atoms with Crippen molar-refractivity contribution in [1.29, 1.82) is 0 Å². The highest BCUT2D eigenvalue weighted by Crippen LogP contribution is 2.48. The molecule has 2 rings (SSSR count). The summed E-state index contributed by atoms with van der Waals surface area (Å²) in [5.41, 5.74) is 1.78. The molecule has 0 atom stereocenters. The van der Waals surface area contributed by atoms with Crippen molar-refractivity contribution in [2.45, 2.75) is 32.6 Å². The average molecular weight is 272 g/mol. The van der Waals surface area contributed by atoms with Gasteiger partial charge >= 0.3 is 0 Å². The molecule has 1 N–H and O–H groups in total. The van der Waals surface area contributed by atoms with Gasteiger partial charge in [0.25, 0.3) is 0 Å². The lowest BCUT2D eigenvalue weighted by atomic mass is 9.96. The van der Waals surface area contributed by atoms with Crippen LogP contribution in [-0.4, -0.2) is 13.1 Å². The standard InChI is InChI=1S/C14H19Cl2N/c1-2-7-17-10-14(5-6-14)9-11-3-4-12(15)13(16)8-11/h3-4,8,17H,2,5-7,9-10H2,1H3. The van der Waals surface area contributed by atoms with Crippen LogP contribution in [-0.2, 0) is 6.42 Å². The topological polar surface area (TPSA) is 12.0 Å². The summed E-state index contributed by atoms with van der Waals surface area (Å²) in [6.07, 6.45) is 4.96. The van der Waals surface area contributed by atoms with Crippen molar-refractivity contribution in [3.63, 3.8) is 0 Å². The van der Waals surface area contributed by atoms with E-state index in [1.165, 1.54) is 24.8 Å². The van der Waals surface area contributed by atoms with Crippen LogP contribution in [0.25, 0.3) is 0 Å². The SMILES string of the molecule is CCCNCC1(Cc2ccc(Cl)c(Cl)c2)CC1. The number of hydrogen-bond acceptors (Lipinski definition) is 1. The van der Waals surface area contributed by atoms with Crippen LogP contribution in [0.4, 0.5) is 0 Å². The number of nitrogens with one attached hydrogen (secondary N) is 1. The van der Waals surface area contributed by atoms with Gasteiger partial charge in [0.2, 0.25) is 0 Å². The second kappa shape index (κ2) is 5.60. The van der Waals surface area contributed by atoms with Crippen LogP contribution in [0.5, 0.6) is 0 Å². The molecule has 0 spiro atoms. The van der Waals surface area contributed by atoms with Gasteiger partial charge in [-0.15, -0.1) is 0 Å². The highest BCUT2D eigenvalue weighted by atomic mass is 35.5. The molecule has 1 fully saturated rings. The van der Waals surface area contributed by atoms with Crippen molar-refractivity contribution in [3.05, 3.63) is 33.8 Å². The van der Waals surface area contributed by atoms with E-state index in [2.05, 4.69) is 18.3 Å². The highest BCUT2D eigenvalue weighted by Gasteiger charge is 2.41. The monoisotopic (exact) mass is 271 g/mol. The average Bonchev–Trinajstić information content (AvgIpc) is 3.04. The summed E-state index contributed by atoms with van der Waals surface area (Å²) in [6.45, 7) is 4.44. The van der Waals surface area contributed by atoms with E-state index >= 15 is 0 Å². The summed E-state index contributed by atoms with van der Waals surface area (Å²) in [5, 5.41) is 4.84. The van der Waals surface area contributed by atoms with Gasteiger partial charge in [-0.3, -0.25) is 0 Å². The molecule has 94 valence electrons. The third-order valence-electron chi connectivity index (χ3n) is 3.45. The number of hydrogen-bond donors (Lipinski definition) is 1. The van der Waals surface area contributed by atoms with Crippen LogP contribution in [0.2, 0.25) is 10.0 Å². The minimum atomic E-state index is 0.479. The van der Waals surface area contributed by atoms with Crippen molar-refractivity contribution in [2.24, 2.45) is 5.41 Å². The molecule has 1 aromatic rings. The molecule has 1 aliphatic rings. The zero-order valence-corrected chi connectivity index (χ0v) is 11.7. The molecule has 0 unspecified atom stereocenters. The van der Waals surface area contributed by atoms with E-state index in [1.54, 1.807) is 0 Å². The Bertz CT molecular complexity index is 386. The Morgan fingerprint density at radius 1 is 1.24 bits per heavy atom. The molecular weight excluding hydrogens is 253 g/mol. The number of halogens is 2. The maximum Gasteiger partial charge on any atom is 0.0595 e. The van der Waals surface area contributed by atoms with Gasteiger partial charge in [-0.1, -0.05) is 36.2 Å². The third-order valence-corrected chi connectivity index (χ3v) is 4.19. The molecule has 1 nitrogen and oxygen atoms in total. The van der Waals surface area contributed by atoms with Gasteiger partial charge in [0, 0.05) is 6.54 Å². The molecule has 0 aliphatic heterocycles. The first-order valence-corrected chi connectivity index (χ1v) is 7.05. The van der Waals surface area contributed by atoms with Crippen LogP contribution in [0.3, 0.4) is 0 Å². The molecule has 1 aromatic carbocycles. The van der Waals surface area contributed by atoms with E-state index in [4.69, 9.17) is 23.2 Å². The second-order valence-corrected chi connectivity index (χ2v) is 5.92. The van der Waals surface area contributed by atoms with Crippen molar-refractivity contribution in [1.82, 2.24) is 5.32 Å². The quantitative estimate of drug-likeness (QED) is 0.761. The van der Waals surface area contributed by atoms with Gasteiger partial charge in [0.05, 0.1) is 10.0 Å². The van der Waals surface area contributed by atoms with E-state index < -0.39 is 0 Å². The maximum atomic E-state index is 6.04. The number of benzene rings is 1. The lowest BCUT2D eigenvalue weighted by Gasteiger charge is -2.16. The molecule has 1 saturated carbocycles. The van der Waals surface area contributed by atoms with Crippen molar-refractivity contribution in [3.8, 4) is 0 Å². The van der Waals surface area contributed by atoms with Crippen molar-refractivity contribution in [2.75, 3.05) is 13.1 Å². The van der Waals surface area contributed by atoms with Gasteiger partial charge in [-0.2, -0.15) is 0 Å². The molecule has 17 heavy (non-hydrogen) atoms. The van der Waals surface area contributed by atoms with Crippen LogP contribution < -0.4 is 5.32 Å². The summed E-state index contributed by atoms with van der Waals surface area (Å²) in [6, 6.07) is 5.99. The first kappa shape index (κ1) is 13.2. The lowest BCUT2D eigenvalue weighted by Crippen LogP contribution is -2.26. The smallest absolute Gasteiger partial charge is 0.0595 e. The van der Waals surface area contributed by atoms with Gasteiger partial charge < -0.3 is 5.32 Å². The Balaban J connectivity index is 1.93. The fourth-order valence-corrected chi connectivity index (χ4v) is 2.53. The molecule has 0 bridgehead atoms. The Hall–Kier alpha value is -0.240. The van der Waals surface area contributed by atoms with E-state index in [0.29, 0.717) is 15.5 Å². The van der Waals surface area contributed by atoms with E-state index in [-0.39, 0.29) is 0 Å². The number of rotatable bonds is 6. The van der Waals surface area contributed by atoms with Crippen molar-refractivity contribution < 1.29 is 0 Å². The predicted octanol–water partition coefficient (Wildman–Crippen LogP) is 4.32. The summed E-state index contributed by atoms with van der Waals surface area (Å²) in [7, 11) is 0. The van der Waals surface area contributed by atoms with Crippen LogP contribution in [0, 0.1) is 5.41 Å². The fourth-order valence-electron chi connectivity index (χ4n) is 2.21. The Kier molecular flexibility index (Phi) is 4.35. The van der Waals surface area contributed by atoms with Crippen LogP contribution >= 0.6 is 23.2 Å². The molecule has 0 aromatic heterocycles. The predicted molar refractivity (Wildman–Crippen MR) is 75.0 cm³/mol. The minimum Gasteiger partial charge on any atom is -0.316 e. The molecule has 0 heterocycles. The summed E-state index contributed by atoms with van der Waals surface area (Å²) >= 11 is 12.0. The Morgan fingerprint density at radius 3 is 2.59 bits per heavy atom. The van der Waals surface area contributed by atoms with E-state index in [0.717, 1.165) is 19.5 Å². The highest BCUT2D eigenvalue weighted by molar-refractivity contribution is 6.42. The van der Waals surface area contributed by atoms with Gasteiger partial charge in [0.1, 0.15) is 0 Å². The first-order valence-electron chi connectivity index (χ1n) is 6.30. The molecule has 0 amide bonds. The maximum absolute atomic E-state index is 6.04. The fraction of sp³-hybridized carbons (Fsp3) is 0.571. The van der Waals surface area contributed by atoms with Gasteiger partial charge in [-0.05, 0) is 55.3 Å². The summed E-state index contributed by atoms with van der Waals surface area (Å²) < 4.78 is 0. The minimum absolute atomic E-state index is 0.479. The Morgan fingerprint density at radius 2 is 2.00 bits per heavy atom. The molecular formula is C14H19Cl2N. The first-order chi connectivity index (χ1) is 8.15. The molecule has 3 heteroatoms. The molecule has 0 radical (unpaired) electrons. The zero-order chi connectivity index (χ0) is 12.3. The van der Waals surface area contributed by atoms with Gasteiger partial charge in [-0.25, -0.2) is 0 Å². The third kappa shape index (κ3) is 3.61. The van der Waals surface area contributed by atoms with Gasteiger partial charge in [0.15, 0.2) is 0 Å². The summed E-state index contributed by atoms with van der Waals surface area (Å²) in [5.74, 6) is 0.